The van der Waals surface area contributed by atoms with E-state index >= 15 is 0 Å². The van der Waals surface area contributed by atoms with Crippen molar-refractivity contribution in [2.45, 2.75) is 19.4 Å². The van der Waals surface area contributed by atoms with E-state index in [9.17, 15) is 9.59 Å². The van der Waals surface area contributed by atoms with Crippen molar-refractivity contribution in [3.8, 4) is 11.8 Å². The number of hydrogen-bond donors (Lipinski definition) is 0. The Morgan fingerprint density at radius 2 is 1.88 bits per heavy atom. The van der Waals surface area contributed by atoms with Crippen LogP contribution in [-0.2, 0) is 20.7 Å². The normalized spacial score (nSPS) is 15.1. The Labute approximate surface area is 151 Å². The summed E-state index contributed by atoms with van der Waals surface area (Å²) in [6.07, 6.45) is 0.782. The average molecular weight is 350 g/mol. The fourth-order valence-electron chi connectivity index (χ4n) is 3.02. The molecular weight excluding hydrogens is 332 g/mol. The maximum absolute atomic E-state index is 12.5. The highest BCUT2D eigenvalue weighted by Crippen LogP contribution is 2.31. The number of amides is 1. The van der Waals surface area contributed by atoms with Gasteiger partial charge in [0.25, 0.3) is 5.91 Å². The average Bonchev–Trinajstić information content (AvgIpc) is 3.00. The molecule has 6 nitrogen and oxygen atoms in total. The number of benzene rings is 2. The molecule has 1 atom stereocenters. The molecule has 132 valence electrons. The van der Waals surface area contributed by atoms with Gasteiger partial charge in [-0.25, -0.2) is 4.79 Å². The van der Waals surface area contributed by atoms with Crippen molar-refractivity contribution in [2.75, 3.05) is 18.1 Å². The van der Waals surface area contributed by atoms with Crippen molar-refractivity contribution in [3.63, 3.8) is 0 Å². The summed E-state index contributed by atoms with van der Waals surface area (Å²) in [5.74, 6) is -0.625. The first-order chi connectivity index (χ1) is 12.6. The molecule has 2 aromatic rings. The molecule has 0 bridgehead atoms. The van der Waals surface area contributed by atoms with Crippen LogP contribution in [0.2, 0.25) is 0 Å². The fourth-order valence-corrected chi connectivity index (χ4v) is 3.02. The third-order valence-corrected chi connectivity index (χ3v) is 4.19. The molecule has 0 N–H and O–H groups in total. The fraction of sp³-hybridized carbons (Fsp3) is 0.250. The molecule has 3 rings (SSSR count). The summed E-state index contributed by atoms with van der Waals surface area (Å²) >= 11 is 0. The minimum Gasteiger partial charge on any atom is -0.481 e. The van der Waals surface area contributed by atoms with Gasteiger partial charge in [0.2, 0.25) is 0 Å². The number of nitriles is 1. The molecule has 0 saturated carbocycles. The summed E-state index contributed by atoms with van der Waals surface area (Å²) in [7, 11) is 0. The van der Waals surface area contributed by atoms with Crippen LogP contribution in [0.1, 0.15) is 18.1 Å². The van der Waals surface area contributed by atoms with Crippen molar-refractivity contribution in [1.29, 1.82) is 5.26 Å². The van der Waals surface area contributed by atoms with Gasteiger partial charge in [0.15, 0.2) is 13.2 Å². The van der Waals surface area contributed by atoms with Gasteiger partial charge >= 0.3 is 5.97 Å². The van der Waals surface area contributed by atoms with Crippen molar-refractivity contribution >= 4 is 17.6 Å². The first-order valence-electron chi connectivity index (χ1n) is 8.27. The van der Waals surface area contributed by atoms with Crippen LogP contribution < -0.4 is 9.64 Å². The summed E-state index contributed by atoms with van der Waals surface area (Å²) in [6.45, 7) is 1.25. The first kappa shape index (κ1) is 17.5. The van der Waals surface area contributed by atoms with Gasteiger partial charge in [-0.1, -0.05) is 30.3 Å². The summed E-state index contributed by atoms with van der Waals surface area (Å²) in [5, 5.41) is 8.99. The molecule has 1 heterocycles. The molecule has 1 aliphatic heterocycles. The van der Waals surface area contributed by atoms with Gasteiger partial charge in [-0.05, 0) is 37.1 Å². The maximum Gasteiger partial charge on any atom is 0.344 e. The number of esters is 1. The van der Waals surface area contributed by atoms with Crippen LogP contribution in [-0.4, -0.2) is 31.1 Å². The monoisotopic (exact) mass is 350 g/mol. The maximum atomic E-state index is 12.5. The molecule has 1 aliphatic rings. The van der Waals surface area contributed by atoms with Crippen molar-refractivity contribution < 1.29 is 19.1 Å². The van der Waals surface area contributed by atoms with E-state index in [0.717, 1.165) is 17.7 Å². The number of rotatable bonds is 5. The number of carbonyl (C=O) groups is 2. The molecule has 0 aromatic heterocycles. The van der Waals surface area contributed by atoms with Gasteiger partial charge in [-0.2, -0.15) is 5.26 Å². The van der Waals surface area contributed by atoms with E-state index in [4.69, 9.17) is 14.7 Å². The summed E-state index contributed by atoms with van der Waals surface area (Å²) in [4.78, 5) is 26.0. The minimum absolute atomic E-state index is 0.0253. The van der Waals surface area contributed by atoms with Gasteiger partial charge in [-0.3, -0.25) is 4.79 Å². The Balaban J connectivity index is 1.53. The Morgan fingerprint density at radius 1 is 1.15 bits per heavy atom. The number of para-hydroxylation sites is 2. The Hall–Kier alpha value is -3.33. The molecule has 1 amide bonds. The summed E-state index contributed by atoms with van der Waals surface area (Å²) < 4.78 is 10.3. The topological polar surface area (TPSA) is 79.6 Å². The van der Waals surface area contributed by atoms with Crippen molar-refractivity contribution in [2.24, 2.45) is 0 Å². The zero-order valence-corrected chi connectivity index (χ0v) is 14.3. The van der Waals surface area contributed by atoms with Crippen molar-refractivity contribution in [1.82, 2.24) is 0 Å². The molecule has 2 aromatic carbocycles. The molecule has 0 radical (unpaired) electrons. The zero-order valence-electron chi connectivity index (χ0n) is 14.3. The molecule has 6 heteroatoms. The van der Waals surface area contributed by atoms with E-state index in [1.165, 1.54) is 0 Å². The predicted molar refractivity (Wildman–Crippen MR) is 94.7 cm³/mol. The van der Waals surface area contributed by atoms with Gasteiger partial charge in [0, 0.05) is 11.7 Å². The molecule has 0 spiro atoms. The number of fused-ring (bicyclic) bond motifs is 1. The SMILES string of the molecule is C[C@H]1Cc2ccccc2N1C(=O)COC(=O)COc1ccccc1C#N. The Bertz CT molecular complexity index is 872. The molecule has 0 unspecified atom stereocenters. The Morgan fingerprint density at radius 3 is 2.69 bits per heavy atom. The van der Waals surface area contributed by atoms with Crippen LogP contribution in [0.25, 0.3) is 0 Å². The van der Waals surface area contributed by atoms with Crippen LogP contribution in [0.3, 0.4) is 0 Å². The number of ether oxygens (including phenoxy) is 2. The number of hydrogen-bond acceptors (Lipinski definition) is 5. The van der Waals surface area contributed by atoms with Crippen molar-refractivity contribution in [3.05, 3.63) is 59.7 Å². The number of carbonyl (C=O) groups excluding carboxylic acids is 2. The largest absolute Gasteiger partial charge is 0.481 e. The van der Waals surface area contributed by atoms with Gasteiger partial charge in [0.05, 0.1) is 5.56 Å². The third-order valence-electron chi connectivity index (χ3n) is 4.19. The second-order valence-electron chi connectivity index (χ2n) is 6.00. The first-order valence-corrected chi connectivity index (χ1v) is 8.27. The molecule has 0 saturated heterocycles. The molecule has 0 aliphatic carbocycles. The highest BCUT2D eigenvalue weighted by molar-refractivity contribution is 5.97. The van der Waals surface area contributed by atoms with Gasteiger partial charge < -0.3 is 14.4 Å². The lowest BCUT2D eigenvalue weighted by atomic mass is 10.1. The summed E-state index contributed by atoms with van der Waals surface area (Å²) in [6, 6.07) is 16.3. The highest BCUT2D eigenvalue weighted by Gasteiger charge is 2.30. The smallest absolute Gasteiger partial charge is 0.344 e. The standard InChI is InChI=1S/C20H18N2O4/c1-14-10-15-6-2-4-8-17(15)22(14)19(23)12-26-20(24)13-25-18-9-5-3-7-16(18)11-21/h2-9,14H,10,12-13H2,1H3/t14-/m0/s1. The third kappa shape index (κ3) is 3.67. The van der Waals surface area contributed by atoms with E-state index in [2.05, 4.69) is 0 Å². The van der Waals surface area contributed by atoms with Crippen LogP contribution >= 0.6 is 0 Å². The number of nitrogens with zero attached hydrogens (tertiary/aromatic N) is 2. The van der Waals surface area contributed by atoms with E-state index in [1.54, 1.807) is 29.2 Å². The number of anilines is 1. The Kier molecular flexibility index (Phi) is 5.18. The molecule has 0 fully saturated rings. The van der Waals surface area contributed by atoms with E-state index in [-0.39, 0.29) is 25.2 Å². The van der Waals surface area contributed by atoms with Crippen LogP contribution in [0.4, 0.5) is 5.69 Å². The minimum atomic E-state index is -0.661. The van der Waals surface area contributed by atoms with E-state index < -0.39 is 5.97 Å². The quantitative estimate of drug-likeness (QED) is 0.774. The second kappa shape index (κ2) is 7.70. The van der Waals surface area contributed by atoms with Gasteiger partial charge in [0.1, 0.15) is 11.8 Å². The van der Waals surface area contributed by atoms with Crippen LogP contribution in [0.5, 0.6) is 5.75 Å². The van der Waals surface area contributed by atoms with Crippen LogP contribution in [0, 0.1) is 11.3 Å². The van der Waals surface area contributed by atoms with Gasteiger partial charge in [-0.15, -0.1) is 0 Å². The van der Waals surface area contributed by atoms with E-state index in [0.29, 0.717) is 11.3 Å². The second-order valence-corrected chi connectivity index (χ2v) is 6.00. The van der Waals surface area contributed by atoms with Crippen LogP contribution in [0.15, 0.2) is 48.5 Å². The summed E-state index contributed by atoms with van der Waals surface area (Å²) in [5.41, 5.74) is 2.30. The molecule has 26 heavy (non-hydrogen) atoms. The molecular formula is C20H18N2O4. The zero-order chi connectivity index (χ0) is 18.5. The highest BCUT2D eigenvalue weighted by atomic mass is 16.6. The lowest BCUT2D eigenvalue weighted by molar-refractivity contribution is -0.149. The predicted octanol–water partition coefficient (Wildman–Crippen LogP) is 2.46. The lowest BCUT2D eigenvalue weighted by Crippen LogP contribution is -2.39. The lowest BCUT2D eigenvalue weighted by Gasteiger charge is -2.22. The van der Waals surface area contributed by atoms with E-state index in [1.807, 2.05) is 37.3 Å².